The van der Waals surface area contributed by atoms with Gasteiger partial charge in [-0.1, -0.05) is 25.4 Å². The maximum Gasteiger partial charge on any atom is 0.306 e. The zero-order chi connectivity index (χ0) is 12.3. The minimum absolute atomic E-state index is 0.134. The second kappa shape index (κ2) is 5.30. The van der Waals surface area contributed by atoms with Crippen molar-refractivity contribution in [2.45, 2.75) is 20.3 Å². The van der Waals surface area contributed by atoms with Crippen LogP contribution in [0.25, 0.3) is 0 Å². The number of carbonyl (C=O) groups is 1. The molecule has 88 valence electrons. The summed E-state index contributed by atoms with van der Waals surface area (Å²) in [7, 11) is 0. The summed E-state index contributed by atoms with van der Waals surface area (Å²) in [5.41, 5.74) is 0.466. The van der Waals surface area contributed by atoms with Crippen molar-refractivity contribution in [2.24, 2.45) is 11.8 Å². The van der Waals surface area contributed by atoms with Crippen LogP contribution >= 0.6 is 11.6 Å². The normalized spacial score (nSPS) is 14.5. The van der Waals surface area contributed by atoms with Crippen LogP contribution in [0, 0.1) is 17.7 Å². The first-order valence-electron chi connectivity index (χ1n) is 5.08. The average molecular weight is 245 g/mol. The molecule has 2 nitrogen and oxygen atoms in total. The lowest BCUT2D eigenvalue weighted by Gasteiger charge is -2.16. The highest BCUT2D eigenvalue weighted by atomic mass is 35.5. The minimum atomic E-state index is -0.866. The van der Waals surface area contributed by atoms with E-state index in [1.807, 2.05) is 0 Å². The summed E-state index contributed by atoms with van der Waals surface area (Å²) in [6.45, 7) is 3.41. The quantitative estimate of drug-likeness (QED) is 0.882. The third-order valence-corrected chi connectivity index (χ3v) is 3.03. The SMILES string of the molecule is CC(Cc1cc(Cl)ccc1F)C(C)C(=O)O. The summed E-state index contributed by atoms with van der Waals surface area (Å²) in [5, 5.41) is 9.30. The fraction of sp³-hybridized carbons (Fsp3) is 0.417. The molecule has 0 saturated heterocycles. The van der Waals surface area contributed by atoms with E-state index in [0.29, 0.717) is 17.0 Å². The Morgan fingerprint density at radius 1 is 1.50 bits per heavy atom. The van der Waals surface area contributed by atoms with Crippen molar-refractivity contribution in [2.75, 3.05) is 0 Å². The van der Waals surface area contributed by atoms with Crippen molar-refractivity contribution in [3.8, 4) is 0 Å². The highest BCUT2D eigenvalue weighted by molar-refractivity contribution is 6.30. The van der Waals surface area contributed by atoms with Gasteiger partial charge in [0.05, 0.1) is 5.92 Å². The number of rotatable bonds is 4. The first kappa shape index (κ1) is 13.0. The summed E-state index contributed by atoms with van der Waals surface area (Å²) in [6, 6.07) is 4.32. The lowest BCUT2D eigenvalue weighted by Crippen LogP contribution is -2.20. The monoisotopic (exact) mass is 244 g/mol. The smallest absolute Gasteiger partial charge is 0.306 e. The van der Waals surface area contributed by atoms with E-state index in [-0.39, 0.29) is 11.7 Å². The molecule has 1 aromatic carbocycles. The lowest BCUT2D eigenvalue weighted by atomic mass is 9.89. The second-order valence-corrected chi connectivity index (χ2v) is 4.48. The van der Waals surface area contributed by atoms with Gasteiger partial charge < -0.3 is 5.11 Å². The molecule has 0 aliphatic carbocycles. The number of halogens is 2. The maximum absolute atomic E-state index is 13.4. The van der Waals surface area contributed by atoms with E-state index in [9.17, 15) is 9.18 Å². The minimum Gasteiger partial charge on any atom is -0.481 e. The topological polar surface area (TPSA) is 37.3 Å². The van der Waals surface area contributed by atoms with Crippen LogP contribution in [-0.4, -0.2) is 11.1 Å². The Balaban J connectivity index is 2.80. The van der Waals surface area contributed by atoms with Crippen LogP contribution in [0.15, 0.2) is 18.2 Å². The molecule has 0 spiro atoms. The third-order valence-electron chi connectivity index (χ3n) is 2.79. The molecule has 0 heterocycles. The summed E-state index contributed by atoms with van der Waals surface area (Å²) in [4.78, 5) is 10.8. The van der Waals surface area contributed by atoms with Crippen molar-refractivity contribution in [1.29, 1.82) is 0 Å². The first-order chi connectivity index (χ1) is 7.41. The van der Waals surface area contributed by atoms with Gasteiger partial charge in [0.1, 0.15) is 5.82 Å². The summed E-state index contributed by atoms with van der Waals surface area (Å²) in [5.74, 6) is -1.84. The van der Waals surface area contributed by atoms with Crippen LogP contribution < -0.4 is 0 Å². The average Bonchev–Trinajstić information content (AvgIpc) is 2.22. The van der Waals surface area contributed by atoms with E-state index in [2.05, 4.69) is 0 Å². The van der Waals surface area contributed by atoms with E-state index in [0.717, 1.165) is 0 Å². The van der Waals surface area contributed by atoms with Crippen LogP contribution in [0.1, 0.15) is 19.4 Å². The number of aliphatic carboxylic acids is 1. The van der Waals surface area contributed by atoms with Crippen LogP contribution in [0.4, 0.5) is 4.39 Å². The molecule has 16 heavy (non-hydrogen) atoms. The molecule has 0 saturated carbocycles. The Bertz CT molecular complexity index is 393. The highest BCUT2D eigenvalue weighted by Crippen LogP contribution is 2.22. The molecule has 0 radical (unpaired) electrons. The second-order valence-electron chi connectivity index (χ2n) is 4.04. The zero-order valence-electron chi connectivity index (χ0n) is 9.21. The predicted octanol–water partition coefficient (Wildman–Crippen LogP) is 3.38. The molecule has 2 atom stereocenters. The van der Waals surface area contributed by atoms with Gasteiger partial charge in [0.2, 0.25) is 0 Å². The number of hydrogen-bond donors (Lipinski definition) is 1. The van der Waals surface area contributed by atoms with Gasteiger partial charge in [-0.15, -0.1) is 0 Å². The fourth-order valence-corrected chi connectivity index (χ4v) is 1.66. The molecule has 0 amide bonds. The van der Waals surface area contributed by atoms with Crippen LogP contribution in [0.2, 0.25) is 5.02 Å². The Morgan fingerprint density at radius 3 is 2.69 bits per heavy atom. The number of hydrogen-bond acceptors (Lipinski definition) is 1. The first-order valence-corrected chi connectivity index (χ1v) is 5.46. The van der Waals surface area contributed by atoms with Gasteiger partial charge >= 0.3 is 5.97 Å². The Kier molecular flexibility index (Phi) is 4.30. The van der Waals surface area contributed by atoms with E-state index < -0.39 is 11.9 Å². The molecule has 0 aromatic heterocycles. The largest absolute Gasteiger partial charge is 0.481 e. The van der Waals surface area contributed by atoms with Crippen molar-refractivity contribution in [3.63, 3.8) is 0 Å². The van der Waals surface area contributed by atoms with Gasteiger partial charge in [0.25, 0.3) is 0 Å². The number of benzene rings is 1. The number of carboxylic acid groups (broad SMARTS) is 1. The molecule has 4 heteroatoms. The molecular formula is C12H14ClFO2. The molecular weight excluding hydrogens is 231 g/mol. The van der Waals surface area contributed by atoms with E-state index in [1.165, 1.54) is 12.1 Å². The van der Waals surface area contributed by atoms with Crippen molar-refractivity contribution in [1.82, 2.24) is 0 Å². The highest BCUT2D eigenvalue weighted by Gasteiger charge is 2.20. The summed E-state index contributed by atoms with van der Waals surface area (Å²) >= 11 is 5.76. The Morgan fingerprint density at radius 2 is 2.12 bits per heavy atom. The Labute approximate surface area is 99.0 Å². The Hall–Kier alpha value is -1.09. The van der Waals surface area contributed by atoms with Crippen LogP contribution in [-0.2, 0) is 11.2 Å². The van der Waals surface area contributed by atoms with Crippen molar-refractivity contribution >= 4 is 17.6 Å². The molecule has 1 N–H and O–H groups in total. The van der Waals surface area contributed by atoms with Crippen LogP contribution in [0.5, 0.6) is 0 Å². The van der Waals surface area contributed by atoms with E-state index in [1.54, 1.807) is 19.9 Å². The molecule has 0 fully saturated rings. The van der Waals surface area contributed by atoms with Gasteiger partial charge in [0, 0.05) is 5.02 Å². The molecule has 0 aliphatic heterocycles. The summed E-state index contributed by atoms with van der Waals surface area (Å²) < 4.78 is 13.4. The molecule has 1 aromatic rings. The standard InChI is InChI=1S/C12H14ClFO2/c1-7(8(2)12(15)16)5-9-6-10(13)3-4-11(9)14/h3-4,6-8H,5H2,1-2H3,(H,15,16). The lowest BCUT2D eigenvalue weighted by molar-refractivity contribution is -0.142. The van der Waals surface area contributed by atoms with Gasteiger partial charge in [-0.2, -0.15) is 0 Å². The van der Waals surface area contributed by atoms with Crippen LogP contribution in [0.3, 0.4) is 0 Å². The van der Waals surface area contributed by atoms with Gasteiger partial charge in [0.15, 0.2) is 0 Å². The van der Waals surface area contributed by atoms with E-state index >= 15 is 0 Å². The maximum atomic E-state index is 13.4. The number of carboxylic acids is 1. The van der Waals surface area contributed by atoms with Gasteiger partial charge in [-0.25, -0.2) is 4.39 Å². The van der Waals surface area contributed by atoms with Crippen molar-refractivity contribution < 1.29 is 14.3 Å². The zero-order valence-corrected chi connectivity index (χ0v) is 9.96. The molecule has 1 rings (SSSR count). The molecule has 0 aliphatic rings. The van der Waals surface area contributed by atoms with Gasteiger partial charge in [-0.05, 0) is 36.1 Å². The predicted molar refractivity (Wildman–Crippen MR) is 61.1 cm³/mol. The fourth-order valence-electron chi connectivity index (χ4n) is 1.47. The van der Waals surface area contributed by atoms with Crippen molar-refractivity contribution in [3.05, 3.63) is 34.6 Å². The molecule has 2 unspecified atom stereocenters. The third kappa shape index (κ3) is 3.20. The van der Waals surface area contributed by atoms with E-state index in [4.69, 9.17) is 16.7 Å². The van der Waals surface area contributed by atoms with Gasteiger partial charge in [-0.3, -0.25) is 4.79 Å². The molecule has 0 bridgehead atoms. The summed E-state index contributed by atoms with van der Waals surface area (Å²) in [6.07, 6.45) is 0.375.